The van der Waals surface area contributed by atoms with Gasteiger partial charge in [0.25, 0.3) is 0 Å². The zero-order chi connectivity index (χ0) is 30.0. The van der Waals surface area contributed by atoms with Crippen LogP contribution >= 0.6 is 0 Å². The third kappa shape index (κ3) is 5.77. The van der Waals surface area contributed by atoms with Gasteiger partial charge in [-0.1, -0.05) is 0 Å². The van der Waals surface area contributed by atoms with Crippen LogP contribution in [0.1, 0.15) is 31.8 Å². The first kappa shape index (κ1) is 32.2. The van der Waals surface area contributed by atoms with Gasteiger partial charge in [0.1, 0.15) is 36.0 Å². The van der Waals surface area contributed by atoms with Crippen LogP contribution < -0.4 is 28.4 Å². The molecular formula is C26H32F2O12. The maximum Gasteiger partial charge on any atom is 0.342 e. The van der Waals surface area contributed by atoms with Gasteiger partial charge >= 0.3 is 11.9 Å². The molecule has 0 aliphatic heterocycles. The Morgan fingerprint density at radius 3 is 1.07 bits per heavy atom. The van der Waals surface area contributed by atoms with Crippen molar-refractivity contribution in [3.63, 3.8) is 0 Å². The summed E-state index contributed by atoms with van der Waals surface area (Å²) < 4.78 is 82.7. The van der Waals surface area contributed by atoms with Gasteiger partial charge in [-0.05, 0) is 0 Å². The highest BCUT2D eigenvalue weighted by Crippen LogP contribution is 2.58. The highest BCUT2D eigenvalue weighted by atomic mass is 19.1. The third-order valence-corrected chi connectivity index (χ3v) is 5.68. The van der Waals surface area contributed by atoms with Crippen LogP contribution in [0.15, 0.2) is 0 Å². The molecule has 0 radical (unpaired) electrons. The van der Waals surface area contributed by atoms with Gasteiger partial charge in [-0.15, -0.1) is 0 Å². The highest BCUT2D eigenvalue weighted by Gasteiger charge is 2.39. The molecule has 0 spiro atoms. The molecule has 2 aromatic carbocycles. The van der Waals surface area contributed by atoms with Gasteiger partial charge in [0, 0.05) is 25.3 Å². The Balaban J connectivity index is 3.46. The first-order valence-corrected chi connectivity index (χ1v) is 11.5. The van der Waals surface area contributed by atoms with E-state index in [2.05, 4.69) is 0 Å². The van der Waals surface area contributed by atoms with Crippen molar-refractivity contribution in [3.05, 3.63) is 22.3 Å². The number of esters is 2. The fourth-order valence-corrected chi connectivity index (χ4v) is 4.15. The Hall–Kier alpha value is -4.04. The molecule has 0 bridgehead atoms. The minimum Gasteiger partial charge on any atom is -0.492 e. The van der Waals surface area contributed by atoms with E-state index in [0.29, 0.717) is 0 Å². The largest absolute Gasteiger partial charge is 0.492 e. The Morgan fingerprint density at radius 1 is 0.525 bits per heavy atom. The Bertz CT molecular complexity index is 1120. The topological polar surface area (TPSA) is 126 Å². The average molecular weight is 575 g/mol. The fourth-order valence-electron chi connectivity index (χ4n) is 4.15. The Kier molecular flexibility index (Phi) is 12.0. The van der Waals surface area contributed by atoms with E-state index in [9.17, 15) is 18.4 Å². The van der Waals surface area contributed by atoms with E-state index in [4.69, 9.17) is 47.4 Å². The summed E-state index contributed by atoms with van der Waals surface area (Å²) >= 11 is 0. The van der Waals surface area contributed by atoms with Crippen molar-refractivity contribution in [2.24, 2.45) is 0 Å². The minimum atomic E-state index is -1.20. The second kappa shape index (κ2) is 14.9. The van der Waals surface area contributed by atoms with E-state index >= 15 is 0 Å². The summed E-state index contributed by atoms with van der Waals surface area (Å²) in [6, 6.07) is 0. The van der Waals surface area contributed by atoms with E-state index in [1.807, 2.05) is 0 Å². The van der Waals surface area contributed by atoms with Gasteiger partial charge < -0.3 is 47.4 Å². The number of methoxy groups -OCH3 is 8. The van der Waals surface area contributed by atoms with Gasteiger partial charge in [0.05, 0.1) is 53.8 Å². The lowest BCUT2D eigenvalue weighted by Gasteiger charge is -2.27. The monoisotopic (exact) mass is 574 g/mol. The van der Waals surface area contributed by atoms with E-state index in [1.54, 1.807) is 0 Å². The molecule has 0 unspecified atom stereocenters. The molecule has 40 heavy (non-hydrogen) atoms. The molecule has 0 atom stereocenters. The van der Waals surface area contributed by atoms with Crippen molar-refractivity contribution in [2.45, 2.75) is 13.3 Å². The van der Waals surface area contributed by atoms with E-state index in [1.165, 1.54) is 42.7 Å². The molecule has 222 valence electrons. The predicted octanol–water partition coefficient (Wildman–Crippen LogP) is 3.87. The van der Waals surface area contributed by atoms with Crippen LogP contribution in [-0.4, -0.2) is 82.4 Å². The van der Waals surface area contributed by atoms with Crippen molar-refractivity contribution in [1.29, 1.82) is 0 Å². The number of hydrogen-bond acceptors (Lipinski definition) is 12. The summed E-state index contributed by atoms with van der Waals surface area (Å²) in [5.74, 6) is -3.38. The average Bonchev–Trinajstić information content (AvgIpc) is 2.99. The summed E-state index contributed by atoms with van der Waals surface area (Å²) in [6.45, 7) is -3.26. The molecule has 0 aliphatic carbocycles. The van der Waals surface area contributed by atoms with Gasteiger partial charge in [-0.2, -0.15) is 0 Å². The van der Waals surface area contributed by atoms with Crippen molar-refractivity contribution < 1.29 is 65.7 Å². The van der Waals surface area contributed by atoms with Crippen LogP contribution in [0.2, 0.25) is 0 Å². The molecule has 12 nitrogen and oxygen atoms in total. The number of ether oxygens (including phenoxy) is 10. The summed E-state index contributed by atoms with van der Waals surface area (Å²) in [5.41, 5.74) is -1.57. The predicted molar refractivity (Wildman–Crippen MR) is 135 cm³/mol. The van der Waals surface area contributed by atoms with Crippen LogP contribution in [0.25, 0.3) is 11.1 Å². The lowest BCUT2D eigenvalue weighted by molar-refractivity contribution is 0.0445. The molecule has 2 rings (SSSR count). The van der Waals surface area contributed by atoms with Crippen molar-refractivity contribution in [2.75, 3.05) is 70.5 Å². The molecular weight excluding hydrogens is 542 g/mol. The zero-order valence-electron chi connectivity index (χ0n) is 23.5. The second-order valence-corrected chi connectivity index (χ2v) is 7.60. The normalized spacial score (nSPS) is 10.6. The third-order valence-electron chi connectivity index (χ3n) is 5.68. The lowest BCUT2D eigenvalue weighted by Crippen LogP contribution is -2.17. The van der Waals surface area contributed by atoms with Gasteiger partial charge in [-0.25, -0.2) is 18.4 Å². The number of hydrogen-bond donors (Lipinski definition) is 0. The smallest absolute Gasteiger partial charge is 0.342 e. The second-order valence-electron chi connectivity index (χ2n) is 7.60. The number of carbonyl (C=O) groups is 2. The number of carbonyl (C=O) groups excluding carboxylic acids is 2. The molecule has 0 N–H and O–H groups in total. The molecule has 0 fully saturated rings. The number of benzene rings is 2. The lowest BCUT2D eigenvalue weighted by atomic mass is 9.90. The molecule has 0 saturated heterocycles. The highest BCUT2D eigenvalue weighted by molar-refractivity contribution is 6.06. The summed E-state index contributed by atoms with van der Waals surface area (Å²) in [4.78, 5) is 26.1. The maximum atomic E-state index is 14.5. The zero-order valence-corrected chi connectivity index (χ0v) is 23.5. The van der Waals surface area contributed by atoms with E-state index in [-0.39, 0.29) is 67.9 Å². The van der Waals surface area contributed by atoms with Crippen molar-refractivity contribution in [1.82, 2.24) is 0 Å². The van der Waals surface area contributed by atoms with Gasteiger partial charge in [0.2, 0.25) is 0 Å². The molecule has 2 aromatic rings. The fraction of sp³-hybridized carbons (Fsp3) is 0.462. The van der Waals surface area contributed by atoms with Gasteiger partial charge in [-0.3, -0.25) is 0 Å². The summed E-state index contributed by atoms with van der Waals surface area (Å²) in [5, 5.41) is 0. The van der Waals surface area contributed by atoms with Crippen LogP contribution in [0.4, 0.5) is 8.78 Å². The molecule has 0 heterocycles. The number of halogens is 2. The van der Waals surface area contributed by atoms with Crippen LogP contribution in [-0.2, 0) is 32.3 Å². The maximum absolute atomic E-state index is 14.5. The Morgan fingerprint density at radius 2 is 0.850 bits per heavy atom. The molecule has 14 heteroatoms. The number of rotatable bonds is 15. The van der Waals surface area contributed by atoms with Crippen molar-refractivity contribution in [3.8, 4) is 45.6 Å². The minimum absolute atomic E-state index is 0.134. The van der Waals surface area contributed by atoms with Crippen LogP contribution in [0.3, 0.4) is 0 Å². The molecule has 0 amide bonds. The standard InChI is InChI=1S/C26H32F2O12/c1-31-11-39-21-15(25(29)37-7)13(9-27)19(33-3)23(35-5)17(21)18-22(40-12-32-2)16(26(30)38-8)14(10-28)20(34-4)24(18)36-6/h9-12H2,1-8H3. The molecule has 0 aromatic heterocycles. The SMILES string of the molecule is COCOc1c(C(=O)OC)c(CF)c(OC)c(OC)c1-c1c(OC)c(OC)c(CF)c(C(=O)OC)c1OCOC. The molecule has 0 saturated carbocycles. The van der Waals surface area contributed by atoms with E-state index in [0.717, 1.165) is 14.2 Å². The quantitative estimate of drug-likeness (QED) is 0.226. The first-order chi connectivity index (χ1) is 19.3. The molecule has 0 aliphatic rings. The first-order valence-electron chi connectivity index (χ1n) is 11.5. The summed E-state index contributed by atoms with van der Waals surface area (Å²) in [7, 11) is 9.75. The van der Waals surface area contributed by atoms with Gasteiger partial charge in [0.15, 0.2) is 36.6 Å². The van der Waals surface area contributed by atoms with Crippen molar-refractivity contribution >= 4 is 11.9 Å². The van der Waals surface area contributed by atoms with Crippen LogP contribution in [0, 0.1) is 0 Å². The Labute approximate surface area is 229 Å². The number of alkyl halides is 2. The van der Waals surface area contributed by atoms with E-state index < -0.39 is 38.9 Å². The summed E-state index contributed by atoms with van der Waals surface area (Å²) in [6.07, 6.45) is 0. The van der Waals surface area contributed by atoms with Crippen LogP contribution in [0.5, 0.6) is 34.5 Å².